The monoisotopic (exact) mass is 653 g/mol. The Morgan fingerprint density at radius 3 is 2.17 bits per heavy atom. The van der Waals surface area contributed by atoms with E-state index >= 15 is 0 Å². The molecule has 0 fully saturated rings. The van der Waals surface area contributed by atoms with Gasteiger partial charge in [0.2, 0.25) is 11.8 Å². The Labute approximate surface area is 262 Å². The predicted molar refractivity (Wildman–Crippen MR) is 168 cm³/mol. The van der Waals surface area contributed by atoms with E-state index in [2.05, 4.69) is 5.32 Å². The summed E-state index contributed by atoms with van der Waals surface area (Å²) < 4.78 is 34.1. The standard InChI is InChI=1S/C30H34Cl3N3O5S/c1-5-20(3)34-30(38)27(6-2)35(18-21-12-14-24(31)25(32)16-21)29(37)19-36(22-13-15-28(41-4)26(33)17-22)42(39,40)23-10-8-7-9-11-23/h7-17,20,27H,5-6,18-19H2,1-4H3,(H,34,38)/t20-,27-/m1/s1. The highest BCUT2D eigenvalue weighted by molar-refractivity contribution is 7.92. The van der Waals surface area contributed by atoms with Crippen LogP contribution in [0.25, 0.3) is 0 Å². The van der Waals surface area contributed by atoms with Gasteiger partial charge in [0.05, 0.1) is 32.8 Å². The highest BCUT2D eigenvalue weighted by Gasteiger charge is 2.34. The summed E-state index contributed by atoms with van der Waals surface area (Å²) in [4.78, 5) is 28.9. The lowest BCUT2D eigenvalue weighted by atomic mass is 10.1. The number of benzene rings is 3. The van der Waals surface area contributed by atoms with Crippen molar-refractivity contribution in [2.24, 2.45) is 0 Å². The van der Waals surface area contributed by atoms with Gasteiger partial charge >= 0.3 is 0 Å². The van der Waals surface area contributed by atoms with Crippen molar-refractivity contribution < 1.29 is 22.7 Å². The van der Waals surface area contributed by atoms with E-state index in [1.165, 1.54) is 42.3 Å². The number of hydrogen-bond acceptors (Lipinski definition) is 5. The van der Waals surface area contributed by atoms with E-state index in [0.29, 0.717) is 27.8 Å². The van der Waals surface area contributed by atoms with Gasteiger partial charge in [0.25, 0.3) is 10.0 Å². The fourth-order valence-electron chi connectivity index (χ4n) is 4.25. The van der Waals surface area contributed by atoms with Crippen molar-refractivity contribution in [2.45, 2.75) is 57.1 Å². The smallest absolute Gasteiger partial charge is 0.264 e. The zero-order valence-corrected chi connectivity index (χ0v) is 26.9. The minimum atomic E-state index is -4.23. The Morgan fingerprint density at radius 2 is 1.60 bits per heavy atom. The number of nitrogens with zero attached hydrogens (tertiary/aromatic N) is 2. The molecule has 0 aliphatic heterocycles. The van der Waals surface area contributed by atoms with Gasteiger partial charge in [-0.05, 0) is 67.8 Å². The Hall–Kier alpha value is -2.98. The molecule has 42 heavy (non-hydrogen) atoms. The van der Waals surface area contributed by atoms with Crippen molar-refractivity contribution in [3.8, 4) is 5.75 Å². The molecule has 0 aliphatic rings. The zero-order chi connectivity index (χ0) is 31.0. The molecular weight excluding hydrogens is 621 g/mol. The summed E-state index contributed by atoms with van der Waals surface area (Å²) in [7, 11) is -2.79. The summed E-state index contributed by atoms with van der Waals surface area (Å²) in [6, 6.07) is 16.1. The number of hydrogen-bond donors (Lipinski definition) is 1. The predicted octanol–water partition coefficient (Wildman–Crippen LogP) is 6.57. The molecule has 0 saturated carbocycles. The van der Waals surface area contributed by atoms with Gasteiger partial charge in [-0.1, -0.05) is 72.9 Å². The number of ether oxygens (including phenoxy) is 1. The Morgan fingerprint density at radius 1 is 0.905 bits per heavy atom. The summed E-state index contributed by atoms with van der Waals surface area (Å²) in [6.45, 7) is 4.99. The molecule has 2 amide bonds. The van der Waals surface area contributed by atoms with Gasteiger partial charge in [0.15, 0.2) is 0 Å². The third-order valence-corrected chi connectivity index (χ3v) is 9.58. The van der Waals surface area contributed by atoms with E-state index < -0.39 is 28.5 Å². The first kappa shape index (κ1) is 33.5. The first-order valence-corrected chi connectivity index (χ1v) is 15.9. The Bertz CT molecular complexity index is 1510. The number of carbonyl (C=O) groups excluding carboxylic acids is 2. The fraction of sp³-hybridized carbons (Fsp3) is 0.333. The van der Waals surface area contributed by atoms with Crippen LogP contribution < -0.4 is 14.4 Å². The number of carbonyl (C=O) groups is 2. The van der Waals surface area contributed by atoms with E-state index in [4.69, 9.17) is 39.5 Å². The molecule has 0 aliphatic carbocycles. The van der Waals surface area contributed by atoms with E-state index in [1.807, 2.05) is 13.8 Å². The summed E-state index contributed by atoms with van der Waals surface area (Å²) in [5.74, 6) is -0.596. The van der Waals surface area contributed by atoms with E-state index in [0.717, 1.165) is 4.31 Å². The van der Waals surface area contributed by atoms with Crippen LogP contribution in [0.1, 0.15) is 39.2 Å². The molecule has 12 heteroatoms. The highest BCUT2D eigenvalue weighted by atomic mass is 35.5. The lowest BCUT2D eigenvalue weighted by molar-refractivity contribution is -0.140. The number of nitrogens with one attached hydrogen (secondary N) is 1. The van der Waals surface area contributed by atoms with Crippen LogP contribution in [-0.4, -0.2) is 50.9 Å². The summed E-state index contributed by atoms with van der Waals surface area (Å²) in [5, 5.41) is 3.74. The molecule has 3 rings (SSSR count). The second-order valence-corrected chi connectivity index (χ2v) is 12.7. The first-order valence-electron chi connectivity index (χ1n) is 13.4. The van der Waals surface area contributed by atoms with Crippen LogP contribution in [-0.2, 0) is 26.2 Å². The average molecular weight is 655 g/mol. The van der Waals surface area contributed by atoms with E-state index in [1.54, 1.807) is 43.3 Å². The Balaban J connectivity index is 2.10. The largest absolute Gasteiger partial charge is 0.495 e. The van der Waals surface area contributed by atoms with Gasteiger partial charge in [-0.25, -0.2) is 8.42 Å². The first-order chi connectivity index (χ1) is 19.9. The Kier molecular flexibility index (Phi) is 11.9. The van der Waals surface area contributed by atoms with Crippen molar-refractivity contribution in [3.05, 3.63) is 87.4 Å². The molecule has 226 valence electrons. The van der Waals surface area contributed by atoms with Gasteiger partial charge in [0, 0.05) is 12.6 Å². The van der Waals surface area contributed by atoms with Gasteiger partial charge in [-0.2, -0.15) is 0 Å². The molecule has 0 radical (unpaired) electrons. The number of amides is 2. The molecule has 2 atom stereocenters. The van der Waals surface area contributed by atoms with E-state index in [9.17, 15) is 18.0 Å². The van der Waals surface area contributed by atoms with Crippen LogP contribution in [0.5, 0.6) is 5.75 Å². The SMILES string of the molecule is CC[C@@H](C)NC(=O)[C@@H](CC)N(Cc1ccc(Cl)c(Cl)c1)C(=O)CN(c1ccc(OC)c(Cl)c1)S(=O)(=O)c1ccccc1. The van der Waals surface area contributed by atoms with Crippen LogP contribution in [0.2, 0.25) is 15.1 Å². The van der Waals surface area contributed by atoms with Crippen LogP contribution >= 0.6 is 34.8 Å². The third-order valence-electron chi connectivity index (χ3n) is 6.76. The maximum atomic E-state index is 14.2. The number of methoxy groups -OCH3 is 1. The van der Waals surface area contributed by atoms with Crippen LogP contribution in [0.15, 0.2) is 71.6 Å². The van der Waals surface area contributed by atoms with Crippen molar-refractivity contribution >= 4 is 62.3 Å². The second kappa shape index (κ2) is 15.0. The van der Waals surface area contributed by atoms with Crippen molar-refractivity contribution in [1.82, 2.24) is 10.2 Å². The molecule has 0 aromatic heterocycles. The molecular formula is C30H34Cl3N3O5S. The minimum absolute atomic E-state index is 0.00918. The quantitative estimate of drug-likeness (QED) is 0.225. The molecule has 3 aromatic rings. The van der Waals surface area contributed by atoms with Crippen LogP contribution in [0.3, 0.4) is 0 Å². The molecule has 0 saturated heterocycles. The maximum Gasteiger partial charge on any atom is 0.264 e. The van der Waals surface area contributed by atoms with E-state index in [-0.39, 0.29) is 40.5 Å². The van der Waals surface area contributed by atoms with Crippen molar-refractivity contribution in [1.29, 1.82) is 0 Å². The number of halogens is 3. The molecule has 1 N–H and O–H groups in total. The number of sulfonamides is 1. The van der Waals surface area contributed by atoms with Crippen LogP contribution in [0, 0.1) is 0 Å². The van der Waals surface area contributed by atoms with Gasteiger partial charge < -0.3 is 15.0 Å². The fourth-order valence-corrected chi connectivity index (χ4v) is 6.25. The third kappa shape index (κ3) is 8.10. The van der Waals surface area contributed by atoms with Crippen molar-refractivity contribution in [3.63, 3.8) is 0 Å². The molecule has 8 nitrogen and oxygen atoms in total. The molecule has 0 heterocycles. The normalized spacial score (nSPS) is 12.7. The lowest BCUT2D eigenvalue weighted by Crippen LogP contribution is -2.53. The summed E-state index contributed by atoms with van der Waals surface area (Å²) >= 11 is 18.7. The number of rotatable bonds is 13. The molecule has 0 spiro atoms. The number of anilines is 1. The average Bonchev–Trinajstić information content (AvgIpc) is 2.97. The molecule has 0 bridgehead atoms. The summed E-state index contributed by atoms with van der Waals surface area (Å²) in [5.41, 5.74) is 0.780. The highest BCUT2D eigenvalue weighted by Crippen LogP contribution is 2.32. The van der Waals surface area contributed by atoms with Crippen molar-refractivity contribution in [2.75, 3.05) is 18.0 Å². The summed E-state index contributed by atoms with van der Waals surface area (Å²) in [6.07, 6.45) is 0.985. The minimum Gasteiger partial charge on any atom is -0.495 e. The van der Waals surface area contributed by atoms with Gasteiger partial charge in [-0.15, -0.1) is 0 Å². The maximum absolute atomic E-state index is 14.2. The lowest BCUT2D eigenvalue weighted by Gasteiger charge is -2.34. The molecule has 3 aromatic carbocycles. The topological polar surface area (TPSA) is 96.0 Å². The van der Waals surface area contributed by atoms with Crippen LogP contribution in [0.4, 0.5) is 5.69 Å². The molecule has 0 unspecified atom stereocenters. The van der Waals surface area contributed by atoms with Gasteiger partial charge in [0.1, 0.15) is 18.3 Å². The van der Waals surface area contributed by atoms with Gasteiger partial charge in [-0.3, -0.25) is 13.9 Å². The second-order valence-electron chi connectivity index (χ2n) is 9.66. The zero-order valence-electron chi connectivity index (χ0n) is 23.8.